The molecule has 0 aromatic carbocycles. The molecule has 2 rings (SSSR count). The number of nitrogens with zero attached hydrogens (tertiary/aromatic N) is 4. The average Bonchev–Trinajstić information content (AvgIpc) is 2.38. The first-order valence-electron chi connectivity index (χ1n) is 7.05. The molecule has 4 nitrogen and oxygen atoms in total. The Labute approximate surface area is 120 Å². The van der Waals surface area contributed by atoms with Gasteiger partial charge in [0.2, 0.25) is 0 Å². The normalized spacial score (nSPS) is 20.1. The molecule has 0 spiro atoms. The van der Waals surface area contributed by atoms with Gasteiger partial charge in [-0.1, -0.05) is 18.5 Å². The van der Waals surface area contributed by atoms with Crippen LogP contribution in [0.5, 0.6) is 0 Å². The fourth-order valence-corrected chi connectivity index (χ4v) is 2.73. The first-order valence-corrected chi connectivity index (χ1v) is 7.42. The predicted molar refractivity (Wildman–Crippen MR) is 80.0 cm³/mol. The Bertz CT molecular complexity index is 422. The first-order chi connectivity index (χ1) is 9.10. The maximum absolute atomic E-state index is 6.12. The summed E-state index contributed by atoms with van der Waals surface area (Å²) in [5.74, 6) is 1.84. The zero-order valence-corrected chi connectivity index (χ0v) is 12.8. The van der Waals surface area contributed by atoms with Crippen LogP contribution in [0.4, 0.5) is 5.82 Å². The second-order valence-corrected chi connectivity index (χ2v) is 5.81. The van der Waals surface area contributed by atoms with Crippen molar-refractivity contribution in [2.24, 2.45) is 0 Å². The fourth-order valence-electron chi connectivity index (χ4n) is 2.53. The van der Waals surface area contributed by atoms with Crippen LogP contribution < -0.4 is 4.90 Å². The monoisotopic (exact) mass is 282 g/mol. The number of aryl methyl sites for hydroxylation is 1. The van der Waals surface area contributed by atoms with Crippen LogP contribution in [0.2, 0.25) is 5.15 Å². The third-order valence-corrected chi connectivity index (χ3v) is 3.85. The molecule has 1 fully saturated rings. The van der Waals surface area contributed by atoms with Crippen molar-refractivity contribution in [2.75, 3.05) is 32.1 Å². The summed E-state index contributed by atoms with van der Waals surface area (Å²) in [7, 11) is 4.28. The predicted octanol–water partition coefficient (Wildman–Crippen LogP) is 2.61. The quantitative estimate of drug-likeness (QED) is 0.795. The second kappa shape index (κ2) is 6.53. The number of rotatable bonds is 4. The number of aromatic nitrogens is 2. The van der Waals surface area contributed by atoms with E-state index in [0.29, 0.717) is 11.2 Å². The maximum atomic E-state index is 6.12. The lowest BCUT2D eigenvalue weighted by atomic mass is 10.1. The van der Waals surface area contributed by atoms with Gasteiger partial charge in [-0.15, -0.1) is 0 Å². The largest absolute Gasteiger partial charge is 0.355 e. The maximum Gasteiger partial charge on any atom is 0.134 e. The number of hydrogen-bond donors (Lipinski definition) is 0. The summed E-state index contributed by atoms with van der Waals surface area (Å²) in [6.07, 6.45) is 4.39. The molecule has 0 amide bonds. The van der Waals surface area contributed by atoms with E-state index in [9.17, 15) is 0 Å². The SMILES string of the molecule is CCCc1nc(Cl)cc(N2CCCC(N(C)C)C2)n1. The number of hydrogen-bond acceptors (Lipinski definition) is 4. The van der Waals surface area contributed by atoms with E-state index in [-0.39, 0.29) is 0 Å². The zero-order valence-electron chi connectivity index (χ0n) is 12.1. The number of piperidine rings is 1. The van der Waals surface area contributed by atoms with Crippen molar-refractivity contribution in [3.63, 3.8) is 0 Å². The van der Waals surface area contributed by atoms with Gasteiger partial charge >= 0.3 is 0 Å². The highest BCUT2D eigenvalue weighted by Crippen LogP contribution is 2.22. The fraction of sp³-hybridized carbons (Fsp3) is 0.714. The van der Waals surface area contributed by atoms with E-state index in [1.165, 1.54) is 12.8 Å². The molecule has 1 unspecified atom stereocenters. The van der Waals surface area contributed by atoms with Gasteiger partial charge in [0.15, 0.2) is 0 Å². The molecule has 1 atom stereocenters. The Morgan fingerprint density at radius 1 is 1.42 bits per heavy atom. The first kappa shape index (κ1) is 14.5. The average molecular weight is 283 g/mol. The van der Waals surface area contributed by atoms with Crippen molar-refractivity contribution >= 4 is 17.4 Å². The van der Waals surface area contributed by atoms with Gasteiger partial charge < -0.3 is 9.80 Å². The molecular formula is C14H23ClN4. The van der Waals surface area contributed by atoms with Crippen LogP contribution >= 0.6 is 11.6 Å². The standard InChI is InChI=1S/C14H23ClN4/c1-4-6-13-16-12(15)9-14(17-13)19-8-5-7-11(10-19)18(2)3/h9,11H,4-8,10H2,1-3H3. The Kier molecular flexibility index (Phi) is 4.99. The van der Waals surface area contributed by atoms with Gasteiger partial charge in [-0.05, 0) is 33.4 Å². The van der Waals surface area contributed by atoms with Gasteiger partial charge in [0.25, 0.3) is 0 Å². The molecule has 1 aromatic rings. The zero-order chi connectivity index (χ0) is 13.8. The molecule has 0 N–H and O–H groups in total. The molecule has 0 bridgehead atoms. The van der Waals surface area contributed by atoms with Crippen LogP contribution in [0, 0.1) is 0 Å². The Morgan fingerprint density at radius 3 is 2.89 bits per heavy atom. The van der Waals surface area contributed by atoms with Gasteiger partial charge in [-0.3, -0.25) is 0 Å². The van der Waals surface area contributed by atoms with E-state index >= 15 is 0 Å². The lowest BCUT2D eigenvalue weighted by molar-refractivity contribution is 0.257. The van der Waals surface area contributed by atoms with Crippen molar-refractivity contribution in [3.8, 4) is 0 Å². The summed E-state index contributed by atoms with van der Waals surface area (Å²) in [4.78, 5) is 13.6. The summed E-state index contributed by atoms with van der Waals surface area (Å²) in [6, 6.07) is 2.48. The summed E-state index contributed by atoms with van der Waals surface area (Å²) >= 11 is 6.12. The van der Waals surface area contributed by atoms with Gasteiger partial charge in [0.1, 0.15) is 16.8 Å². The third kappa shape index (κ3) is 3.80. The van der Waals surface area contributed by atoms with Crippen LogP contribution in [-0.4, -0.2) is 48.1 Å². The van der Waals surface area contributed by atoms with Crippen molar-refractivity contribution in [2.45, 2.75) is 38.6 Å². The van der Waals surface area contributed by atoms with Crippen LogP contribution in [0.1, 0.15) is 32.0 Å². The number of anilines is 1. The second-order valence-electron chi connectivity index (χ2n) is 5.42. The Balaban J connectivity index is 2.16. The Morgan fingerprint density at radius 2 is 2.21 bits per heavy atom. The van der Waals surface area contributed by atoms with Crippen molar-refractivity contribution < 1.29 is 0 Å². The minimum Gasteiger partial charge on any atom is -0.355 e. The Hall–Kier alpha value is -0.870. The molecule has 1 aliphatic rings. The minimum atomic E-state index is 0.556. The molecular weight excluding hydrogens is 260 g/mol. The minimum absolute atomic E-state index is 0.556. The lowest BCUT2D eigenvalue weighted by Crippen LogP contribution is -2.45. The highest BCUT2D eigenvalue weighted by atomic mass is 35.5. The van der Waals surface area contributed by atoms with E-state index in [4.69, 9.17) is 11.6 Å². The summed E-state index contributed by atoms with van der Waals surface area (Å²) in [6.45, 7) is 4.21. The smallest absolute Gasteiger partial charge is 0.134 e. The molecule has 1 aromatic heterocycles. The lowest BCUT2D eigenvalue weighted by Gasteiger charge is -2.36. The molecule has 1 aliphatic heterocycles. The van der Waals surface area contributed by atoms with Gasteiger partial charge in [0, 0.05) is 31.6 Å². The summed E-state index contributed by atoms with van der Waals surface area (Å²) in [5.41, 5.74) is 0. The highest BCUT2D eigenvalue weighted by Gasteiger charge is 2.22. The molecule has 5 heteroatoms. The van der Waals surface area contributed by atoms with E-state index in [1.54, 1.807) is 0 Å². The van der Waals surface area contributed by atoms with Crippen LogP contribution in [0.15, 0.2) is 6.07 Å². The summed E-state index contributed by atoms with van der Waals surface area (Å²) < 4.78 is 0. The van der Waals surface area contributed by atoms with Crippen molar-refractivity contribution in [1.82, 2.24) is 14.9 Å². The van der Waals surface area contributed by atoms with Crippen LogP contribution in [-0.2, 0) is 6.42 Å². The van der Waals surface area contributed by atoms with Gasteiger partial charge in [0.05, 0.1) is 0 Å². The van der Waals surface area contributed by atoms with E-state index in [2.05, 4.69) is 40.8 Å². The number of halogens is 1. The molecule has 2 heterocycles. The molecule has 0 saturated carbocycles. The molecule has 1 saturated heterocycles. The molecule has 106 valence electrons. The van der Waals surface area contributed by atoms with Crippen LogP contribution in [0.3, 0.4) is 0 Å². The van der Waals surface area contributed by atoms with Crippen LogP contribution in [0.25, 0.3) is 0 Å². The van der Waals surface area contributed by atoms with Gasteiger partial charge in [-0.2, -0.15) is 0 Å². The topological polar surface area (TPSA) is 32.3 Å². The summed E-state index contributed by atoms with van der Waals surface area (Å²) in [5, 5.41) is 0.556. The van der Waals surface area contributed by atoms with E-state index in [1.807, 2.05) is 6.07 Å². The number of likely N-dealkylation sites (N-methyl/N-ethyl adjacent to an activating group) is 1. The molecule has 19 heavy (non-hydrogen) atoms. The van der Waals surface area contributed by atoms with E-state index < -0.39 is 0 Å². The van der Waals surface area contributed by atoms with Crippen molar-refractivity contribution in [1.29, 1.82) is 0 Å². The van der Waals surface area contributed by atoms with Crippen molar-refractivity contribution in [3.05, 3.63) is 17.0 Å². The molecule has 0 aliphatic carbocycles. The highest BCUT2D eigenvalue weighted by molar-refractivity contribution is 6.29. The third-order valence-electron chi connectivity index (χ3n) is 3.65. The molecule has 0 radical (unpaired) electrons. The van der Waals surface area contributed by atoms with Gasteiger partial charge in [-0.25, -0.2) is 9.97 Å². The van der Waals surface area contributed by atoms with E-state index in [0.717, 1.165) is 37.6 Å².